The van der Waals surface area contributed by atoms with Crippen molar-refractivity contribution in [2.24, 2.45) is 0 Å². The lowest BCUT2D eigenvalue weighted by molar-refractivity contribution is -0.130. The Kier molecular flexibility index (Phi) is 3.68. The van der Waals surface area contributed by atoms with Gasteiger partial charge >= 0.3 is 5.97 Å². The standard InChI is InChI=1S/C21H13ClO2/c22-17-10-8-14(9-11-17)12-16-13-20(24-21(16)23)19-7-3-5-15-4-1-2-6-18(15)19/h1-13H/b16-12-. The molecule has 0 saturated carbocycles. The van der Waals surface area contributed by atoms with Gasteiger partial charge in [0.2, 0.25) is 0 Å². The van der Waals surface area contributed by atoms with Crippen molar-refractivity contribution in [3.63, 3.8) is 0 Å². The highest BCUT2D eigenvalue weighted by molar-refractivity contribution is 6.30. The maximum absolute atomic E-state index is 12.2. The second-order valence-electron chi connectivity index (χ2n) is 5.58. The summed E-state index contributed by atoms with van der Waals surface area (Å²) < 4.78 is 5.49. The van der Waals surface area contributed by atoms with E-state index < -0.39 is 0 Å². The van der Waals surface area contributed by atoms with E-state index in [1.807, 2.05) is 54.6 Å². The van der Waals surface area contributed by atoms with E-state index in [9.17, 15) is 4.79 Å². The summed E-state index contributed by atoms with van der Waals surface area (Å²) in [7, 11) is 0. The van der Waals surface area contributed by atoms with Crippen LogP contribution >= 0.6 is 11.6 Å². The Balaban J connectivity index is 1.77. The van der Waals surface area contributed by atoms with Crippen molar-refractivity contribution in [1.29, 1.82) is 0 Å². The summed E-state index contributed by atoms with van der Waals surface area (Å²) in [6.07, 6.45) is 3.59. The zero-order chi connectivity index (χ0) is 16.5. The molecule has 0 aliphatic carbocycles. The molecule has 24 heavy (non-hydrogen) atoms. The highest BCUT2D eigenvalue weighted by Crippen LogP contribution is 2.32. The zero-order valence-electron chi connectivity index (χ0n) is 12.7. The van der Waals surface area contributed by atoms with Crippen LogP contribution in [0.1, 0.15) is 11.1 Å². The first-order chi connectivity index (χ1) is 11.7. The quantitative estimate of drug-likeness (QED) is 0.459. The van der Waals surface area contributed by atoms with Crippen molar-refractivity contribution in [3.05, 3.63) is 94.5 Å². The minimum absolute atomic E-state index is 0.340. The summed E-state index contributed by atoms with van der Waals surface area (Å²) >= 11 is 5.89. The molecular weight excluding hydrogens is 320 g/mol. The van der Waals surface area contributed by atoms with Crippen LogP contribution in [0.25, 0.3) is 22.6 Å². The van der Waals surface area contributed by atoms with Crippen LogP contribution in [0.15, 0.2) is 78.4 Å². The lowest BCUT2D eigenvalue weighted by Gasteiger charge is -2.06. The molecule has 0 atom stereocenters. The Hall–Kier alpha value is -2.84. The van der Waals surface area contributed by atoms with Gasteiger partial charge in [0.15, 0.2) is 0 Å². The van der Waals surface area contributed by atoms with Gasteiger partial charge in [-0.15, -0.1) is 0 Å². The Morgan fingerprint density at radius 3 is 2.46 bits per heavy atom. The van der Waals surface area contributed by atoms with Crippen LogP contribution in [0.2, 0.25) is 5.02 Å². The van der Waals surface area contributed by atoms with Crippen LogP contribution in [0.4, 0.5) is 0 Å². The van der Waals surface area contributed by atoms with Crippen LogP contribution in [0, 0.1) is 0 Å². The minimum atomic E-state index is -0.340. The number of benzene rings is 3. The normalized spacial score (nSPS) is 15.6. The molecule has 2 nitrogen and oxygen atoms in total. The van der Waals surface area contributed by atoms with Crippen LogP contribution < -0.4 is 0 Å². The van der Waals surface area contributed by atoms with E-state index >= 15 is 0 Å². The van der Waals surface area contributed by atoms with Crippen molar-refractivity contribution >= 4 is 40.2 Å². The highest BCUT2D eigenvalue weighted by atomic mass is 35.5. The van der Waals surface area contributed by atoms with Gasteiger partial charge in [0.05, 0.1) is 5.57 Å². The summed E-state index contributed by atoms with van der Waals surface area (Å²) in [5.74, 6) is 0.241. The lowest BCUT2D eigenvalue weighted by Crippen LogP contribution is -1.97. The summed E-state index contributed by atoms with van der Waals surface area (Å²) in [4.78, 5) is 12.2. The molecular formula is C21H13ClO2. The summed E-state index contributed by atoms with van der Waals surface area (Å²) in [5.41, 5.74) is 2.35. The molecule has 0 saturated heterocycles. The number of cyclic esters (lactones) is 1. The number of hydrogen-bond acceptors (Lipinski definition) is 2. The monoisotopic (exact) mass is 332 g/mol. The van der Waals surface area contributed by atoms with Gasteiger partial charge in [0.1, 0.15) is 5.76 Å². The van der Waals surface area contributed by atoms with Gasteiger partial charge in [-0.1, -0.05) is 66.2 Å². The molecule has 1 heterocycles. The van der Waals surface area contributed by atoms with Gasteiger partial charge in [-0.3, -0.25) is 0 Å². The van der Waals surface area contributed by atoms with Crippen LogP contribution in [-0.2, 0) is 9.53 Å². The molecule has 4 rings (SSSR count). The first-order valence-electron chi connectivity index (χ1n) is 7.60. The number of hydrogen-bond donors (Lipinski definition) is 0. The highest BCUT2D eigenvalue weighted by Gasteiger charge is 2.23. The molecule has 3 aromatic rings. The number of fused-ring (bicyclic) bond motifs is 1. The van der Waals surface area contributed by atoms with Crippen molar-refractivity contribution in [3.8, 4) is 0 Å². The molecule has 0 fully saturated rings. The third kappa shape index (κ3) is 2.72. The SMILES string of the molecule is O=C1OC(c2cccc3ccccc23)=C/C1=C/c1ccc(Cl)cc1. The zero-order valence-corrected chi connectivity index (χ0v) is 13.5. The van der Waals surface area contributed by atoms with Gasteiger partial charge < -0.3 is 4.74 Å². The number of esters is 1. The van der Waals surface area contributed by atoms with Crippen LogP contribution in [0.3, 0.4) is 0 Å². The van der Waals surface area contributed by atoms with Gasteiger partial charge in [-0.25, -0.2) is 4.79 Å². The van der Waals surface area contributed by atoms with Gasteiger partial charge in [0.25, 0.3) is 0 Å². The Bertz CT molecular complexity index is 993. The Morgan fingerprint density at radius 1 is 0.875 bits per heavy atom. The van der Waals surface area contributed by atoms with E-state index in [-0.39, 0.29) is 5.97 Å². The summed E-state index contributed by atoms with van der Waals surface area (Å²) in [6.45, 7) is 0. The molecule has 1 aliphatic heterocycles. The fourth-order valence-corrected chi connectivity index (χ4v) is 2.93. The third-order valence-electron chi connectivity index (χ3n) is 3.97. The van der Waals surface area contributed by atoms with Gasteiger partial charge in [0, 0.05) is 10.6 Å². The van der Waals surface area contributed by atoms with Crippen molar-refractivity contribution in [2.75, 3.05) is 0 Å². The van der Waals surface area contributed by atoms with E-state index in [2.05, 4.69) is 0 Å². The molecule has 1 aliphatic rings. The minimum Gasteiger partial charge on any atom is -0.422 e. The lowest BCUT2D eigenvalue weighted by atomic mass is 10.0. The second kappa shape index (κ2) is 5.99. The van der Waals surface area contributed by atoms with E-state index in [4.69, 9.17) is 16.3 Å². The molecule has 3 aromatic carbocycles. The molecule has 0 unspecified atom stereocenters. The maximum Gasteiger partial charge on any atom is 0.343 e. The topological polar surface area (TPSA) is 26.3 Å². The summed E-state index contributed by atoms with van der Waals surface area (Å²) in [5, 5.41) is 2.84. The molecule has 3 heteroatoms. The largest absolute Gasteiger partial charge is 0.422 e. The van der Waals surface area contributed by atoms with Crippen LogP contribution in [0.5, 0.6) is 0 Å². The predicted octanol–water partition coefficient (Wildman–Crippen LogP) is 5.47. The Labute approximate surface area is 144 Å². The Morgan fingerprint density at radius 2 is 1.62 bits per heavy atom. The molecule has 0 N–H and O–H groups in total. The van der Waals surface area contributed by atoms with E-state index in [1.54, 1.807) is 24.3 Å². The third-order valence-corrected chi connectivity index (χ3v) is 4.22. The average Bonchev–Trinajstić information content (AvgIpc) is 2.97. The fraction of sp³-hybridized carbons (Fsp3) is 0. The van der Waals surface area contributed by atoms with E-state index in [0.29, 0.717) is 16.4 Å². The predicted molar refractivity (Wildman–Crippen MR) is 97.4 cm³/mol. The fourth-order valence-electron chi connectivity index (χ4n) is 2.80. The number of rotatable bonds is 2. The van der Waals surface area contributed by atoms with Crippen molar-refractivity contribution in [1.82, 2.24) is 0 Å². The van der Waals surface area contributed by atoms with E-state index in [0.717, 1.165) is 21.9 Å². The van der Waals surface area contributed by atoms with Crippen molar-refractivity contribution < 1.29 is 9.53 Å². The number of carbonyl (C=O) groups is 1. The maximum atomic E-state index is 12.2. The molecule has 0 radical (unpaired) electrons. The number of halogens is 1. The molecule has 0 aromatic heterocycles. The summed E-state index contributed by atoms with van der Waals surface area (Å²) in [6, 6.07) is 21.3. The smallest absolute Gasteiger partial charge is 0.343 e. The number of ether oxygens (including phenoxy) is 1. The first-order valence-corrected chi connectivity index (χ1v) is 7.98. The second-order valence-corrected chi connectivity index (χ2v) is 6.01. The van der Waals surface area contributed by atoms with Gasteiger partial charge in [-0.05, 0) is 40.6 Å². The van der Waals surface area contributed by atoms with Crippen molar-refractivity contribution in [2.45, 2.75) is 0 Å². The molecule has 0 spiro atoms. The molecule has 116 valence electrons. The van der Waals surface area contributed by atoms with E-state index in [1.165, 1.54) is 0 Å². The number of carbonyl (C=O) groups excluding carboxylic acids is 1. The van der Waals surface area contributed by atoms with Crippen LogP contribution in [-0.4, -0.2) is 5.97 Å². The molecule has 0 amide bonds. The van der Waals surface area contributed by atoms with Gasteiger partial charge in [-0.2, -0.15) is 0 Å². The first kappa shape index (κ1) is 14.7. The average molecular weight is 333 g/mol. The molecule has 0 bridgehead atoms.